The van der Waals surface area contributed by atoms with Crippen molar-refractivity contribution in [3.63, 3.8) is 0 Å². The standard InChI is InChI=1S/C14H24N2O3/c1-2-19-14(18)16-10-6-9-12(16)13(17)15-11-7-4-3-5-8-11/h11-12H,2-10H2,1H3,(H,15,17)/t12-/m1/s1. The van der Waals surface area contributed by atoms with Crippen LogP contribution < -0.4 is 5.32 Å². The maximum absolute atomic E-state index is 12.3. The first-order chi connectivity index (χ1) is 9.22. The number of nitrogens with one attached hydrogen (secondary N) is 1. The van der Waals surface area contributed by atoms with E-state index in [1.54, 1.807) is 11.8 Å². The first-order valence-electron chi connectivity index (χ1n) is 7.46. The zero-order chi connectivity index (χ0) is 13.7. The lowest BCUT2D eigenvalue weighted by molar-refractivity contribution is -0.126. The Kier molecular flexibility index (Phi) is 5.05. The second-order valence-corrected chi connectivity index (χ2v) is 5.39. The lowest BCUT2D eigenvalue weighted by Gasteiger charge is -2.27. The van der Waals surface area contributed by atoms with Gasteiger partial charge in [0.05, 0.1) is 6.61 Å². The Morgan fingerprint density at radius 2 is 1.89 bits per heavy atom. The number of likely N-dealkylation sites (tertiary alicyclic amines) is 1. The lowest BCUT2D eigenvalue weighted by atomic mass is 9.95. The highest BCUT2D eigenvalue weighted by molar-refractivity contribution is 5.86. The van der Waals surface area contributed by atoms with E-state index in [0.717, 1.165) is 25.7 Å². The third-order valence-corrected chi connectivity index (χ3v) is 4.01. The first-order valence-corrected chi connectivity index (χ1v) is 7.46. The van der Waals surface area contributed by atoms with Crippen molar-refractivity contribution in [3.8, 4) is 0 Å². The minimum atomic E-state index is -0.358. The van der Waals surface area contributed by atoms with Gasteiger partial charge in [0.2, 0.25) is 5.91 Å². The molecule has 0 unspecified atom stereocenters. The molecule has 5 heteroatoms. The van der Waals surface area contributed by atoms with Crippen molar-refractivity contribution in [1.29, 1.82) is 0 Å². The van der Waals surface area contributed by atoms with Gasteiger partial charge >= 0.3 is 6.09 Å². The smallest absolute Gasteiger partial charge is 0.410 e. The second kappa shape index (κ2) is 6.78. The summed E-state index contributed by atoms with van der Waals surface area (Å²) in [4.78, 5) is 25.6. The molecule has 0 bridgehead atoms. The molecule has 5 nitrogen and oxygen atoms in total. The van der Waals surface area contributed by atoms with E-state index in [2.05, 4.69) is 5.32 Å². The number of carbonyl (C=O) groups is 2. The zero-order valence-electron chi connectivity index (χ0n) is 11.7. The molecular weight excluding hydrogens is 244 g/mol. The number of hydrogen-bond acceptors (Lipinski definition) is 3. The van der Waals surface area contributed by atoms with Crippen molar-refractivity contribution in [2.45, 2.75) is 64.0 Å². The fourth-order valence-corrected chi connectivity index (χ4v) is 3.01. The number of nitrogens with zero attached hydrogens (tertiary/aromatic N) is 1. The Balaban J connectivity index is 1.87. The molecule has 0 spiro atoms. The van der Waals surface area contributed by atoms with Crippen LogP contribution in [0.5, 0.6) is 0 Å². The van der Waals surface area contributed by atoms with E-state index < -0.39 is 0 Å². The maximum atomic E-state index is 12.3. The molecule has 1 saturated heterocycles. The second-order valence-electron chi connectivity index (χ2n) is 5.39. The number of carbonyl (C=O) groups excluding carboxylic acids is 2. The fraction of sp³-hybridized carbons (Fsp3) is 0.857. The molecule has 1 heterocycles. The van der Waals surface area contributed by atoms with Crippen LogP contribution in [0.3, 0.4) is 0 Å². The van der Waals surface area contributed by atoms with E-state index in [4.69, 9.17) is 4.74 Å². The average molecular weight is 268 g/mol. The van der Waals surface area contributed by atoms with Crippen molar-refractivity contribution in [2.24, 2.45) is 0 Å². The van der Waals surface area contributed by atoms with Gasteiger partial charge in [0, 0.05) is 12.6 Å². The van der Waals surface area contributed by atoms with E-state index in [9.17, 15) is 9.59 Å². The van der Waals surface area contributed by atoms with Gasteiger partial charge < -0.3 is 10.1 Å². The van der Waals surface area contributed by atoms with Crippen LogP contribution in [0, 0.1) is 0 Å². The van der Waals surface area contributed by atoms with E-state index in [1.165, 1.54) is 19.3 Å². The van der Waals surface area contributed by atoms with Gasteiger partial charge in [-0.3, -0.25) is 9.69 Å². The monoisotopic (exact) mass is 268 g/mol. The van der Waals surface area contributed by atoms with Crippen LogP contribution in [0.1, 0.15) is 51.9 Å². The van der Waals surface area contributed by atoms with E-state index in [0.29, 0.717) is 19.2 Å². The summed E-state index contributed by atoms with van der Waals surface area (Å²) < 4.78 is 5.00. The van der Waals surface area contributed by atoms with Gasteiger partial charge in [-0.15, -0.1) is 0 Å². The quantitative estimate of drug-likeness (QED) is 0.852. The van der Waals surface area contributed by atoms with Crippen LogP contribution in [-0.2, 0) is 9.53 Å². The number of amides is 2. The Bertz CT molecular complexity index is 327. The highest BCUT2D eigenvalue weighted by Crippen LogP contribution is 2.21. The molecule has 0 aromatic heterocycles. The molecule has 2 rings (SSSR count). The fourth-order valence-electron chi connectivity index (χ4n) is 3.01. The predicted octanol–water partition coefficient (Wildman–Crippen LogP) is 2.06. The Morgan fingerprint density at radius 3 is 2.58 bits per heavy atom. The van der Waals surface area contributed by atoms with Gasteiger partial charge in [-0.05, 0) is 32.6 Å². The largest absolute Gasteiger partial charge is 0.450 e. The molecular formula is C14H24N2O3. The van der Waals surface area contributed by atoms with E-state index in [-0.39, 0.29) is 18.0 Å². The maximum Gasteiger partial charge on any atom is 0.410 e. The van der Waals surface area contributed by atoms with Crippen molar-refractivity contribution >= 4 is 12.0 Å². The summed E-state index contributed by atoms with van der Waals surface area (Å²) >= 11 is 0. The van der Waals surface area contributed by atoms with E-state index >= 15 is 0 Å². The van der Waals surface area contributed by atoms with Crippen molar-refractivity contribution in [3.05, 3.63) is 0 Å². The van der Waals surface area contributed by atoms with Gasteiger partial charge in [0.1, 0.15) is 6.04 Å². The van der Waals surface area contributed by atoms with Crippen molar-refractivity contribution in [1.82, 2.24) is 10.2 Å². The summed E-state index contributed by atoms with van der Waals surface area (Å²) in [5, 5.41) is 3.10. The van der Waals surface area contributed by atoms with Gasteiger partial charge in [-0.1, -0.05) is 19.3 Å². The molecule has 2 aliphatic rings. The Morgan fingerprint density at radius 1 is 1.16 bits per heavy atom. The molecule has 0 aromatic carbocycles. The summed E-state index contributed by atoms with van der Waals surface area (Å²) in [6.07, 6.45) is 7.05. The Hall–Kier alpha value is -1.26. The van der Waals surface area contributed by atoms with Crippen LogP contribution in [-0.4, -0.2) is 42.1 Å². The number of ether oxygens (including phenoxy) is 1. The topological polar surface area (TPSA) is 58.6 Å². The van der Waals surface area contributed by atoms with Crippen LogP contribution in [0.15, 0.2) is 0 Å². The molecule has 0 radical (unpaired) electrons. The molecule has 2 fully saturated rings. The summed E-state index contributed by atoms with van der Waals surface area (Å²) in [6, 6.07) is -0.0353. The zero-order valence-corrected chi connectivity index (χ0v) is 11.7. The predicted molar refractivity (Wildman–Crippen MR) is 71.8 cm³/mol. The molecule has 1 aliphatic carbocycles. The van der Waals surface area contributed by atoms with Crippen LogP contribution in [0.4, 0.5) is 4.79 Å². The van der Waals surface area contributed by atoms with Gasteiger partial charge in [-0.2, -0.15) is 0 Å². The summed E-state index contributed by atoms with van der Waals surface area (Å²) in [5.41, 5.74) is 0. The minimum Gasteiger partial charge on any atom is -0.450 e. The van der Waals surface area contributed by atoms with Crippen molar-refractivity contribution < 1.29 is 14.3 Å². The highest BCUT2D eigenvalue weighted by atomic mass is 16.6. The third kappa shape index (κ3) is 3.61. The molecule has 2 amide bonds. The minimum absolute atomic E-state index is 0.00236. The van der Waals surface area contributed by atoms with Gasteiger partial charge in [0.15, 0.2) is 0 Å². The molecule has 1 saturated carbocycles. The number of rotatable bonds is 3. The molecule has 108 valence electrons. The lowest BCUT2D eigenvalue weighted by Crippen LogP contribution is -2.49. The highest BCUT2D eigenvalue weighted by Gasteiger charge is 2.35. The summed E-state index contributed by atoms with van der Waals surface area (Å²) in [5.74, 6) is -0.00236. The SMILES string of the molecule is CCOC(=O)N1CCC[C@@H]1C(=O)NC1CCCCC1. The first kappa shape index (κ1) is 14.2. The normalized spacial score (nSPS) is 24.3. The number of hydrogen-bond donors (Lipinski definition) is 1. The van der Waals surface area contributed by atoms with Crippen molar-refractivity contribution in [2.75, 3.05) is 13.2 Å². The third-order valence-electron chi connectivity index (χ3n) is 4.01. The molecule has 1 aliphatic heterocycles. The summed E-state index contributed by atoms with van der Waals surface area (Å²) in [7, 11) is 0. The summed E-state index contributed by atoms with van der Waals surface area (Å²) in [6.45, 7) is 2.76. The van der Waals surface area contributed by atoms with Gasteiger partial charge in [-0.25, -0.2) is 4.79 Å². The van der Waals surface area contributed by atoms with Crippen LogP contribution in [0.25, 0.3) is 0 Å². The van der Waals surface area contributed by atoms with Crippen LogP contribution >= 0.6 is 0 Å². The average Bonchev–Trinajstić information content (AvgIpc) is 2.89. The molecule has 1 atom stereocenters. The molecule has 1 N–H and O–H groups in total. The van der Waals surface area contributed by atoms with Gasteiger partial charge in [0.25, 0.3) is 0 Å². The molecule has 19 heavy (non-hydrogen) atoms. The molecule has 0 aromatic rings. The van der Waals surface area contributed by atoms with Crippen LogP contribution in [0.2, 0.25) is 0 Å². The Labute approximate surface area is 114 Å². The van der Waals surface area contributed by atoms with E-state index in [1.807, 2.05) is 0 Å².